The fraction of sp³-hybridized carbons (Fsp3) is 0.0952. The Morgan fingerprint density at radius 3 is 2.86 bits per heavy atom. The third-order valence-electron chi connectivity index (χ3n) is 4.56. The summed E-state index contributed by atoms with van der Waals surface area (Å²) >= 11 is 1.59. The molecule has 3 heterocycles. The lowest BCUT2D eigenvalue weighted by molar-refractivity contribution is 0.414. The quantitative estimate of drug-likeness (QED) is 0.430. The van der Waals surface area contributed by atoms with Gasteiger partial charge in [0.05, 0.1) is 5.69 Å². The minimum absolute atomic E-state index is 0.661. The van der Waals surface area contributed by atoms with Gasteiger partial charge in [-0.05, 0) is 30.7 Å². The highest BCUT2D eigenvalue weighted by molar-refractivity contribution is 7.98. The maximum absolute atomic E-state index is 4.94. The second-order valence-corrected chi connectivity index (χ2v) is 7.45. The molecule has 2 aromatic carbocycles. The van der Waals surface area contributed by atoms with Gasteiger partial charge >= 0.3 is 0 Å². The molecule has 3 aromatic heterocycles. The van der Waals surface area contributed by atoms with E-state index in [4.69, 9.17) is 4.52 Å². The summed E-state index contributed by atoms with van der Waals surface area (Å²) in [6, 6.07) is 18.4. The van der Waals surface area contributed by atoms with Crippen molar-refractivity contribution < 1.29 is 4.52 Å². The summed E-state index contributed by atoms with van der Waals surface area (Å²) in [5.41, 5.74) is 5.19. The van der Waals surface area contributed by atoms with Gasteiger partial charge in [-0.25, -0.2) is 0 Å². The molecule has 7 heteroatoms. The van der Waals surface area contributed by atoms with E-state index in [2.05, 4.69) is 68.2 Å². The number of fused-ring (bicyclic) bond motifs is 1. The van der Waals surface area contributed by atoms with E-state index < -0.39 is 0 Å². The van der Waals surface area contributed by atoms with E-state index in [1.165, 1.54) is 5.56 Å². The zero-order valence-corrected chi connectivity index (χ0v) is 16.0. The molecule has 0 aliphatic rings. The van der Waals surface area contributed by atoms with E-state index in [0.29, 0.717) is 5.75 Å². The number of rotatable bonds is 5. The van der Waals surface area contributed by atoms with Crippen molar-refractivity contribution in [1.29, 1.82) is 0 Å². The van der Waals surface area contributed by atoms with Crippen LogP contribution in [0.4, 0.5) is 0 Å². The Kier molecular flexibility index (Phi) is 4.21. The first kappa shape index (κ1) is 16.8. The van der Waals surface area contributed by atoms with Crippen molar-refractivity contribution in [2.45, 2.75) is 17.8 Å². The molecule has 5 rings (SSSR count). The van der Waals surface area contributed by atoms with Crippen LogP contribution in [0, 0.1) is 6.92 Å². The van der Waals surface area contributed by atoms with Crippen molar-refractivity contribution in [3.63, 3.8) is 0 Å². The molecule has 6 nitrogen and oxygen atoms in total. The van der Waals surface area contributed by atoms with Crippen LogP contribution in [0.2, 0.25) is 0 Å². The van der Waals surface area contributed by atoms with Gasteiger partial charge in [0.25, 0.3) is 0 Å². The van der Waals surface area contributed by atoms with Crippen LogP contribution in [0.1, 0.15) is 11.3 Å². The molecule has 0 radical (unpaired) electrons. The van der Waals surface area contributed by atoms with E-state index in [-0.39, 0.29) is 0 Å². The monoisotopic (exact) mass is 387 g/mol. The highest BCUT2D eigenvalue weighted by atomic mass is 32.2. The van der Waals surface area contributed by atoms with Gasteiger partial charge in [0.2, 0.25) is 0 Å². The standard InChI is InChI=1S/C21H17N5OS/c1-14-5-4-6-16(11-14)26-20(18-12-22-19-8-3-2-7-17(18)19)23-24-21(26)28-13-15-9-10-27-25-15/h2-12,22H,13H2,1H3. The van der Waals surface area contributed by atoms with Crippen LogP contribution in [-0.2, 0) is 5.75 Å². The van der Waals surface area contributed by atoms with E-state index in [1.807, 2.05) is 24.4 Å². The predicted octanol–water partition coefficient (Wildman–Crippen LogP) is 5.00. The topological polar surface area (TPSA) is 72.5 Å². The van der Waals surface area contributed by atoms with Crippen LogP contribution in [0.3, 0.4) is 0 Å². The Labute approximate surface area is 165 Å². The van der Waals surface area contributed by atoms with Gasteiger partial charge in [0, 0.05) is 40.2 Å². The van der Waals surface area contributed by atoms with Crippen LogP contribution < -0.4 is 0 Å². The average molecular weight is 387 g/mol. The second-order valence-electron chi connectivity index (χ2n) is 6.51. The molecule has 28 heavy (non-hydrogen) atoms. The van der Waals surface area contributed by atoms with Crippen molar-refractivity contribution in [3.8, 4) is 17.1 Å². The molecule has 0 amide bonds. The first-order valence-electron chi connectivity index (χ1n) is 8.90. The lowest BCUT2D eigenvalue weighted by atomic mass is 10.1. The highest BCUT2D eigenvalue weighted by Gasteiger charge is 2.19. The van der Waals surface area contributed by atoms with Gasteiger partial charge < -0.3 is 9.51 Å². The molecule has 138 valence electrons. The lowest BCUT2D eigenvalue weighted by Gasteiger charge is -2.10. The third kappa shape index (κ3) is 2.99. The number of benzene rings is 2. The van der Waals surface area contributed by atoms with Crippen molar-refractivity contribution in [2.75, 3.05) is 0 Å². The zero-order valence-electron chi connectivity index (χ0n) is 15.2. The van der Waals surface area contributed by atoms with Gasteiger partial charge in [-0.15, -0.1) is 10.2 Å². The molecule has 0 aliphatic carbocycles. The maximum atomic E-state index is 4.94. The molecule has 0 fully saturated rings. The summed E-state index contributed by atoms with van der Waals surface area (Å²) in [5.74, 6) is 1.47. The van der Waals surface area contributed by atoms with Gasteiger partial charge in [-0.3, -0.25) is 4.57 Å². The lowest BCUT2D eigenvalue weighted by Crippen LogP contribution is -2.00. The van der Waals surface area contributed by atoms with Gasteiger partial charge in [0.15, 0.2) is 11.0 Å². The highest BCUT2D eigenvalue weighted by Crippen LogP contribution is 2.33. The number of aryl methyl sites for hydroxylation is 1. The number of thioether (sulfide) groups is 1. The fourth-order valence-electron chi connectivity index (χ4n) is 3.24. The summed E-state index contributed by atoms with van der Waals surface area (Å²) in [7, 11) is 0. The maximum Gasteiger partial charge on any atom is 0.196 e. The van der Waals surface area contributed by atoms with E-state index in [1.54, 1.807) is 18.0 Å². The largest absolute Gasteiger partial charge is 0.364 e. The van der Waals surface area contributed by atoms with Gasteiger partial charge in [0.1, 0.15) is 6.26 Å². The fourth-order valence-corrected chi connectivity index (χ4v) is 4.09. The number of nitrogens with one attached hydrogen (secondary N) is 1. The molecular formula is C21H17N5OS. The Morgan fingerprint density at radius 2 is 2.00 bits per heavy atom. The van der Waals surface area contributed by atoms with Crippen LogP contribution in [-0.4, -0.2) is 24.9 Å². The van der Waals surface area contributed by atoms with E-state index in [0.717, 1.165) is 38.8 Å². The molecule has 0 unspecified atom stereocenters. The number of H-pyrrole nitrogens is 1. The molecule has 0 saturated heterocycles. The summed E-state index contributed by atoms with van der Waals surface area (Å²) < 4.78 is 7.04. The van der Waals surface area contributed by atoms with Crippen molar-refractivity contribution in [2.24, 2.45) is 0 Å². The number of hydrogen-bond donors (Lipinski definition) is 1. The van der Waals surface area contributed by atoms with Crippen molar-refractivity contribution >= 4 is 22.7 Å². The van der Waals surface area contributed by atoms with Crippen LogP contribution >= 0.6 is 11.8 Å². The Morgan fingerprint density at radius 1 is 1.07 bits per heavy atom. The normalized spacial score (nSPS) is 11.3. The molecular weight excluding hydrogens is 370 g/mol. The first-order valence-corrected chi connectivity index (χ1v) is 9.89. The second kappa shape index (κ2) is 7.01. The number of hydrogen-bond acceptors (Lipinski definition) is 5. The number of aromatic nitrogens is 5. The SMILES string of the molecule is Cc1cccc(-n2c(SCc3ccon3)nnc2-c2c[nH]c3ccccc23)c1. The number of nitrogens with zero attached hydrogens (tertiary/aromatic N) is 4. The molecule has 0 atom stereocenters. The molecule has 0 spiro atoms. The van der Waals surface area contributed by atoms with Crippen LogP contribution in [0.15, 0.2) is 76.7 Å². The molecule has 0 bridgehead atoms. The molecule has 0 saturated carbocycles. The molecule has 0 aliphatic heterocycles. The third-order valence-corrected chi connectivity index (χ3v) is 5.53. The molecule has 1 N–H and O–H groups in total. The van der Waals surface area contributed by atoms with E-state index >= 15 is 0 Å². The predicted molar refractivity (Wildman–Crippen MR) is 109 cm³/mol. The molecule has 5 aromatic rings. The van der Waals surface area contributed by atoms with Gasteiger partial charge in [-0.2, -0.15) is 0 Å². The average Bonchev–Trinajstić information content (AvgIpc) is 3.45. The minimum atomic E-state index is 0.661. The van der Waals surface area contributed by atoms with Crippen molar-refractivity contribution in [3.05, 3.63) is 78.3 Å². The van der Waals surface area contributed by atoms with Gasteiger partial charge in [-0.1, -0.05) is 47.3 Å². The number of para-hydroxylation sites is 1. The van der Waals surface area contributed by atoms with Crippen LogP contribution in [0.5, 0.6) is 0 Å². The number of aromatic amines is 1. The Balaban J connectivity index is 1.64. The summed E-state index contributed by atoms with van der Waals surface area (Å²) in [4.78, 5) is 3.33. The van der Waals surface area contributed by atoms with Crippen LogP contribution in [0.25, 0.3) is 28.0 Å². The van der Waals surface area contributed by atoms with E-state index in [9.17, 15) is 0 Å². The summed E-state index contributed by atoms with van der Waals surface area (Å²) in [6.07, 6.45) is 3.58. The Bertz CT molecular complexity index is 1240. The minimum Gasteiger partial charge on any atom is -0.364 e. The summed E-state index contributed by atoms with van der Waals surface area (Å²) in [6.45, 7) is 2.08. The smallest absolute Gasteiger partial charge is 0.196 e. The van der Waals surface area contributed by atoms with Crippen molar-refractivity contribution in [1.82, 2.24) is 24.9 Å². The zero-order chi connectivity index (χ0) is 18.9. The summed E-state index contributed by atoms with van der Waals surface area (Å²) in [5, 5.41) is 15.0. The first-order chi connectivity index (χ1) is 13.8. The Hall–Kier alpha value is -3.32.